The Kier molecular flexibility index (Phi) is 4.20. The standard InChI is InChI=1S/C15H18N2O2S/c1-10-11(2)20-14(16-10)17-13(18)9-15(3,19)12-7-5-4-6-8-12/h4-8,19H,9H2,1-3H3,(H,16,17,18). The predicted octanol–water partition coefficient (Wildman–Crippen LogP) is 3.00. The third-order valence-electron chi connectivity index (χ3n) is 3.18. The zero-order chi connectivity index (χ0) is 14.8. The molecule has 0 aliphatic heterocycles. The van der Waals surface area contributed by atoms with Crippen LogP contribution in [0.3, 0.4) is 0 Å². The van der Waals surface area contributed by atoms with Gasteiger partial charge in [0, 0.05) is 4.88 Å². The maximum absolute atomic E-state index is 12.0. The van der Waals surface area contributed by atoms with Crippen LogP contribution in [-0.2, 0) is 10.4 Å². The van der Waals surface area contributed by atoms with E-state index < -0.39 is 5.60 Å². The summed E-state index contributed by atoms with van der Waals surface area (Å²) in [7, 11) is 0. The second kappa shape index (κ2) is 5.73. The molecule has 1 atom stereocenters. The van der Waals surface area contributed by atoms with Crippen LogP contribution in [0.5, 0.6) is 0 Å². The maximum Gasteiger partial charge on any atom is 0.229 e. The summed E-state index contributed by atoms with van der Waals surface area (Å²) in [5, 5.41) is 13.7. The smallest absolute Gasteiger partial charge is 0.229 e. The van der Waals surface area contributed by atoms with Gasteiger partial charge in [-0.05, 0) is 26.3 Å². The number of thiazole rings is 1. The van der Waals surface area contributed by atoms with Gasteiger partial charge in [0.05, 0.1) is 17.7 Å². The van der Waals surface area contributed by atoms with Gasteiger partial charge in [0.2, 0.25) is 5.91 Å². The van der Waals surface area contributed by atoms with E-state index in [1.165, 1.54) is 11.3 Å². The molecular weight excluding hydrogens is 272 g/mol. The molecule has 106 valence electrons. The SMILES string of the molecule is Cc1nc(NC(=O)CC(C)(O)c2ccccc2)sc1C. The van der Waals surface area contributed by atoms with Crippen LogP contribution in [0.4, 0.5) is 5.13 Å². The van der Waals surface area contributed by atoms with E-state index in [0.29, 0.717) is 5.13 Å². The number of hydrogen-bond acceptors (Lipinski definition) is 4. The quantitative estimate of drug-likeness (QED) is 0.910. The Morgan fingerprint density at radius 1 is 1.35 bits per heavy atom. The van der Waals surface area contributed by atoms with Gasteiger partial charge in [-0.25, -0.2) is 4.98 Å². The number of hydrogen-bond donors (Lipinski definition) is 2. The molecule has 2 N–H and O–H groups in total. The first-order chi connectivity index (χ1) is 9.38. The molecule has 1 amide bonds. The second-order valence-corrected chi connectivity index (χ2v) is 6.23. The maximum atomic E-state index is 12.0. The first-order valence-electron chi connectivity index (χ1n) is 6.40. The second-order valence-electron chi connectivity index (χ2n) is 5.03. The Labute approximate surface area is 122 Å². The van der Waals surface area contributed by atoms with Crippen molar-refractivity contribution in [3.8, 4) is 0 Å². The van der Waals surface area contributed by atoms with Crippen molar-refractivity contribution >= 4 is 22.4 Å². The van der Waals surface area contributed by atoms with E-state index in [-0.39, 0.29) is 12.3 Å². The molecule has 0 spiro atoms. The Morgan fingerprint density at radius 3 is 2.55 bits per heavy atom. The summed E-state index contributed by atoms with van der Waals surface area (Å²) in [6, 6.07) is 9.18. The van der Waals surface area contributed by atoms with Crippen molar-refractivity contribution < 1.29 is 9.90 Å². The average Bonchev–Trinajstić information content (AvgIpc) is 2.68. The minimum Gasteiger partial charge on any atom is -0.385 e. The van der Waals surface area contributed by atoms with Crippen molar-refractivity contribution in [3.63, 3.8) is 0 Å². The van der Waals surface area contributed by atoms with Gasteiger partial charge in [-0.15, -0.1) is 11.3 Å². The van der Waals surface area contributed by atoms with Crippen LogP contribution in [-0.4, -0.2) is 16.0 Å². The van der Waals surface area contributed by atoms with E-state index in [1.807, 2.05) is 44.2 Å². The average molecular weight is 290 g/mol. The monoisotopic (exact) mass is 290 g/mol. The highest BCUT2D eigenvalue weighted by Crippen LogP contribution is 2.26. The van der Waals surface area contributed by atoms with E-state index >= 15 is 0 Å². The highest BCUT2D eigenvalue weighted by molar-refractivity contribution is 7.15. The van der Waals surface area contributed by atoms with E-state index in [4.69, 9.17) is 0 Å². The van der Waals surface area contributed by atoms with Crippen molar-refractivity contribution in [3.05, 3.63) is 46.5 Å². The predicted molar refractivity (Wildman–Crippen MR) is 80.8 cm³/mol. The fourth-order valence-electron chi connectivity index (χ4n) is 1.90. The van der Waals surface area contributed by atoms with Crippen molar-refractivity contribution in [1.29, 1.82) is 0 Å². The zero-order valence-electron chi connectivity index (χ0n) is 11.8. The van der Waals surface area contributed by atoms with E-state index in [1.54, 1.807) is 6.92 Å². The van der Waals surface area contributed by atoms with Crippen LogP contribution in [0, 0.1) is 13.8 Å². The normalized spacial score (nSPS) is 13.8. The summed E-state index contributed by atoms with van der Waals surface area (Å²) in [6.07, 6.45) is -0.00527. The van der Waals surface area contributed by atoms with Gasteiger partial charge in [-0.3, -0.25) is 4.79 Å². The Morgan fingerprint density at radius 2 is 2.00 bits per heavy atom. The van der Waals surface area contributed by atoms with Crippen LogP contribution < -0.4 is 5.32 Å². The lowest BCUT2D eigenvalue weighted by Gasteiger charge is -2.22. The third kappa shape index (κ3) is 3.43. The summed E-state index contributed by atoms with van der Waals surface area (Å²) < 4.78 is 0. The molecule has 0 aliphatic rings. The van der Waals surface area contributed by atoms with Crippen LogP contribution >= 0.6 is 11.3 Å². The zero-order valence-corrected chi connectivity index (χ0v) is 12.6. The van der Waals surface area contributed by atoms with Gasteiger partial charge >= 0.3 is 0 Å². The number of aromatic nitrogens is 1. The summed E-state index contributed by atoms with van der Waals surface area (Å²) >= 11 is 1.44. The van der Waals surface area contributed by atoms with Crippen LogP contribution in [0.15, 0.2) is 30.3 Å². The molecule has 0 radical (unpaired) electrons. The minimum absolute atomic E-state index is 0.00527. The molecule has 2 rings (SSSR count). The number of carbonyl (C=O) groups is 1. The number of anilines is 1. The highest BCUT2D eigenvalue weighted by Gasteiger charge is 2.26. The Bertz CT molecular complexity index is 586. The number of benzene rings is 1. The first kappa shape index (κ1) is 14.7. The lowest BCUT2D eigenvalue weighted by molar-refractivity contribution is -0.120. The number of aryl methyl sites for hydroxylation is 2. The fraction of sp³-hybridized carbons (Fsp3) is 0.333. The number of nitrogens with zero attached hydrogens (tertiary/aromatic N) is 1. The molecule has 1 aromatic heterocycles. The molecule has 0 saturated carbocycles. The molecule has 1 unspecified atom stereocenters. The van der Waals surface area contributed by atoms with Gasteiger partial charge in [-0.1, -0.05) is 30.3 Å². The molecule has 0 aliphatic carbocycles. The van der Waals surface area contributed by atoms with Gasteiger partial charge < -0.3 is 10.4 Å². The largest absolute Gasteiger partial charge is 0.385 e. The molecule has 2 aromatic rings. The summed E-state index contributed by atoms with van der Waals surface area (Å²) in [6.45, 7) is 5.50. The molecule has 1 heterocycles. The summed E-state index contributed by atoms with van der Waals surface area (Å²) in [4.78, 5) is 17.4. The first-order valence-corrected chi connectivity index (χ1v) is 7.22. The van der Waals surface area contributed by atoms with Gasteiger partial charge in [0.25, 0.3) is 0 Å². The molecule has 4 nitrogen and oxygen atoms in total. The topological polar surface area (TPSA) is 62.2 Å². The highest BCUT2D eigenvalue weighted by atomic mass is 32.1. The molecule has 1 aromatic carbocycles. The van der Waals surface area contributed by atoms with Crippen molar-refractivity contribution in [2.45, 2.75) is 32.8 Å². The number of rotatable bonds is 4. The Hall–Kier alpha value is -1.72. The molecule has 0 saturated heterocycles. The van der Waals surface area contributed by atoms with Crippen LogP contribution in [0.2, 0.25) is 0 Å². The lowest BCUT2D eigenvalue weighted by Crippen LogP contribution is -2.28. The Balaban J connectivity index is 2.04. The summed E-state index contributed by atoms with van der Waals surface area (Å²) in [5.74, 6) is -0.243. The van der Waals surface area contributed by atoms with Crippen LogP contribution in [0.1, 0.15) is 29.5 Å². The van der Waals surface area contributed by atoms with E-state index in [2.05, 4.69) is 10.3 Å². The molecule has 5 heteroatoms. The molecular formula is C15H18N2O2S. The number of aliphatic hydroxyl groups is 1. The number of nitrogens with one attached hydrogen (secondary N) is 1. The van der Waals surface area contributed by atoms with Crippen molar-refractivity contribution in [2.24, 2.45) is 0 Å². The van der Waals surface area contributed by atoms with Crippen molar-refractivity contribution in [1.82, 2.24) is 4.98 Å². The van der Waals surface area contributed by atoms with E-state index in [0.717, 1.165) is 16.1 Å². The van der Waals surface area contributed by atoms with E-state index in [9.17, 15) is 9.90 Å². The third-order valence-corrected chi connectivity index (χ3v) is 4.16. The van der Waals surface area contributed by atoms with Crippen molar-refractivity contribution in [2.75, 3.05) is 5.32 Å². The molecule has 20 heavy (non-hydrogen) atoms. The number of amides is 1. The lowest BCUT2D eigenvalue weighted by atomic mass is 9.92. The molecule has 0 fully saturated rings. The number of carbonyl (C=O) groups excluding carboxylic acids is 1. The fourth-order valence-corrected chi connectivity index (χ4v) is 2.73. The molecule has 0 bridgehead atoms. The van der Waals surface area contributed by atoms with Gasteiger partial charge in [-0.2, -0.15) is 0 Å². The summed E-state index contributed by atoms with van der Waals surface area (Å²) in [5.41, 5.74) is 0.453. The van der Waals surface area contributed by atoms with Gasteiger partial charge in [0.1, 0.15) is 0 Å². The van der Waals surface area contributed by atoms with Gasteiger partial charge in [0.15, 0.2) is 5.13 Å². The minimum atomic E-state index is -1.19. The van der Waals surface area contributed by atoms with Crippen LogP contribution in [0.25, 0.3) is 0 Å².